The summed E-state index contributed by atoms with van der Waals surface area (Å²) < 4.78 is 4.74. The molecule has 0 aromatic heterocycles. The number of non-ortho nitro benzene ring substituents is 1. The molecule has 7 heteroatoms. The van der Waals surface area contributed by atoms with Gasteiger partial charge in [-0.3, -0.25) is 14.9 Å². The lowest BCUT2D eigenvalue weighted by atomic mass is 10.0. The van der Waals surface area contributed by atoms with Gasteiger partial charge in [-0.25, -0.2) is 4.79 Å². The van der Waals surface area contributed by atoms with Gasteiger partial charge in [-0.2, -0.15) is 0 Å². The van der Waals surface area contributed by atoms with Gasteiger partial charge >= 0.3 is 5.97 Å². The van der Waals surface area contributed by atoms with Gasteiger partial charge < -0.3 is 9.64 Å². The summed E-state index contributed by atoms with van der Waals surface area (Å²) in [4.78, 5) is 35.8. The highest BCUT2D eigenvalue weighted by Gasteiger charge is 2.31. The minimum absolute atomic E-state index is 0.0370. The second-order valence-electron chi connectivity index (χ2n) is 5.25. The Labute approximate surface area is 133 Å². The van der Waals surface area contributed by atoms with E-state index in [4.69, 9.17) is 4.74 Å². The summed E-state index contributed by atoms with van der Waals surface area (Å²) in [5, 5.41) is 10.7. The van der Waals surface area contributed by atoms with Gasteiger partial charge in [0, 0.05) is 24.8 Å². The molecule has 1 aliphatic heterocycles. The summed E-state index contributed by atoms with van der Waals surface area (Å²) in [6, 6.07) is 5.44. The number of nitro benzene ring substituents is 1. The van der Waals surface area contributed by atoms with Crippen molar-refractivity contribution in [3.05, 3.63) is 46.0 Å². The van der Waals surface area contributed by atoms with Crippen molar-refractivity contribution in [2.45, 2.75) is 25.3 Å². The van der Waals surface area contributed by atoms with E-state index in [1.165, 1.54) is 36.3 Å². The van der Waals surface area contributed by atoms with Crippen LogP contribution in [0.1, 0.15) is 24.8 Å². The Balaban J connectivity index is 2.11. The smallest absolute Gasteiger partial charge is 0.328 e. The molecule has 1 fully saturated rings. The number of esters is 1. The first-order valence-corrected chi connectivity index (χ1v) is 7.34. The highest BCUT2D eigenvalue weighted by molar-refractivity contribution is 5.94. The number of likely N-dealkylation sites (tertiary alicyclic amines) is 1. The summed E-state index contributed by atoms with van der Waals surface area (Å²) in [6.07, 6.45) is 5.14. The summed E-state index contributed by atoms with van der Waals surface area (Å²) in [5.74, 6) is -0.714. The second-order valence-corrected chi connectivity index (χ2v) is 5.25. The quantitative estimate of drug-likeness (QED) is 0.367. The molecule has 0 bridgehead atoms. The van der Waals surface area contributed by atoms with Crippen molar-refractivity contribution in [3.63, 3.8) is 0 Å². The van der Waals surface area contributed by atoms with Crippen LogP contribution >= 0.6 is 0 Å². The van der Waals surface area contributed by atoms with E-state index in [1.807, 2.05) is 0 Å². The molecule has 23 heavy (non-hydrogen) atoms. The van der Waals surface area contributed by atoms with Crippen LogP contribution in [-0.4, -0.2) is 41.4 Å². The van der Waals surface area contributed by atoms with Gasteiger partial charge in [-0.05, 0) is 30.9 Å². The van der Waals surface area contributed by atoms with Crippen LogP contribution in [0.2, 0.25) is 0 Å². The third-order valence-corrected chi connectivity index (χ3v) is 3.76. The lowest BCUT2D eigenvalue weighted by Crippen LogP contribution is -2.47. The average molecular weight is 318 g/mol. The fraction of sp³-hybridized carbons (Fsp3) is 0.375. The molecule has 1 amide bonds. The standard InChI is InChI=1S/C16H18N2O5/c1-23-16(20)14-7-2-3-10-17(14)15(19)9-8-12-5-4-6-13(11-12)18(21)22/h4-6,8-9,11,14H,2-3,7,10H2,1H3. The van der Waals surface area contributed by atoms with Crippen LogP contribution in [0.15, 0.2) is 30.3 Å². The molecule has 0 aliphatic carbocycles. The van der Waals surface area contributed by atoms with Crippen molar-refractivity contribution < 1.29 is 19.2 Å². The summed E-state index contributed by atoms with van der Waals surface area (Å²) in [6.45, 7) is 0.498. The summed E-state index contributed by atoms with van der Waals surface area (Å²) >= 11 is 0. The Hall–Kier alpha value is -2.70. The molecular formula is C16H18N2O5. The molecule has 1 aromatic rings. The van der Waals surface area contributed by atoms with Crippen LogP contribution in [0.5, 0.6) is 0 Å². The molecule has 0 radical (unpaired) electrons. The fourth-order valence-electron chi connectivity index (χ4n) is 2.58. The van der Waals surface area contributed by atoms with E-state index in [0.29, 0.717) is 18.5 Å². The first-order chi connectivity index (χ1) is 11.0. The molecule has 7 nitrogen and oxygen atoms in total. The maximum Gasteiger partial charge on any atom is 0.328 e. The molecule has 1 aromatic carbocycles. The Kier molecular flexibility index (Phi) is 5.46. The Morgan fingerprint density at radius 1 is 1.39 bits per heavy atom. The van der Waals surface area contributed by atoms with Gasteiger partial charge in [0.15, 0.2) is 0 Å². The normalized spacial score (nSPS) is 18.0. The van der Waals surface area contributed by atoms with E-state index in [1.54, 1.807) is 12.1 Å². The molecule has 1 saturated heterocycles. The second kappa shape index (κ2) is 7.53. The van der Waals surface area contributed by atoms with Crippen LogP contribution < -0.4 is 0 Å². The maximum atomic E-state index is 12.3. The van der Waals surface area contributed by atoms with E-state index >= 15 is 0 Å². The number of nitrogens with zero attached hydrogens (tertiary/aromatic N) is 2. The predicted molar refractivity (Wildman–Crippen MR) is 83.5 cm³/mol. The molecule has 1 aliphatic rings. The van der Waals surface area contributed by atoms with Crippen LogP contribution in [0, 0.1) is 10.1 Å². The molecule has 0 saturated carbocycles. The van der Waals surface area contributed by atoms with Crippen molar-refractivity contribution in [2.75, 3.05) is 13.7 Å². The number of methoxy groups -OCH3 is 1. The lowest BCUT2D eigenvalue weighted by molar-refractivity contribution is -0.384. The van der Waals surface area contributed by atoms with Crippen molar-refractivity contribution in [1.29, 1.82) is 0 Å². The molecular weight excluding hydrogens is 300 g/mol. The number of nitro groups is 1. The SMILES string of the molecule is COC(=O)C1CCCCN1C(=O)C=Cc1cccc([N+](=O)[O-])c1. The number of carbonyl (C=O) groups is 2. The maximum absolute atomic E-state index is 12.3. The number of ether oxygens (including phenoxy) is 1. The molecule has 0 N–H and O–H groups in total. The van der Waals surface area contributed by atoms with E-state index in [2.05, 4.69) is 0 Å². The summed E-state index contributed by atoms with van der Waals surface area (Å²) in [7, 11) is 1.30. The van der Waals surface area contributed by atoms with Gasteiger partial charge in [-0.1, -0.05) is 12.1 Å². The van der Waals surface area contributed by atoms with E-state index in [-0.39, 0.29) is 11.6 Å². The third-order valence-electron chi connectivity index (χ3n) is 3.76. The number of carbonyl (C=O) groups excluding carboxylic acids is 2. The zero-order valence-corrected chi connectivity index (χ0v) is 12.8. The topological polar surface area (TPSA) is 89.8 Å². The highest BCUT2D eigenvalue weighted by atomic mass is 16.6. The zero-order valence-electron chi connectivity index (χ0n) is 12.8. The average Bonchev–Trinajstić information content (AvgIpc) is 2.59. The van der Waals surface area contributed by atoms with Gasteiger partial charge in [-0.15, -0.1) is 0 Å². The van der Waals surface area contributed by atoms with Gasteiger partial charge in [0.1, 0.15) is 6.04 Å². The molecule has 2 rings (SSSR count). The number of piperidine rings is 1. The van der Waals surface area contributed by atoms with Crippen LogP contribution in [0.3, 0.4) is 0 Å². The third kappa shape index (κ3) is 4.15. The van der Waals surface area contributed by atoms with Gasteiger partial charge in [0.05, 0.1) is 12.0 Å². The number of amides is 1. The molecule has 0 spiro atoms. The largest absolute Gasteiger partial charge is 0.467 e. The van der Waals surface area contributed by atoms with Crippen LogP contribution in [0.25, 0.3) is 6.08 Å². The van der Waals surface area contributed by atoms with Gasteiger partial charge in [0.2, 0.25) is 5.91 Å². The molecule has 1 heterocycles. The van der Waals surface area contributed by atoms with Gasteiger partial charge in [0.25, 0.3) is 5.69 Å². The minimum Gasteiger partial charge on any atom is -0.467 e. The monoisotopic (exact) mass is 318 g/mol. The number of benzene rings is 1. The predicted octanol–water partition coefficient (Wildman–Crippen LogP) is 2.16. The minimum atomic E-state index is -0.559. The first-order valence-electron chi connectivity index (χ1n) is 7.34. The van der Waals surface area contributed by atoms with Crippen molar-refractivity contribution in [1.82, 2.24) is 4.90 Å². The van der Waals surface area contributed by atoms with Crippen molar-refractivity contribution in [3.8, 4) is 0 Å². The first kappa shape index (κ1) is 16.7. The lowest BCUT2D eigenvalue weighted by Gasteiger charge is -2.32. The Morgan fingerprint density at radius 2 is 2.17 bits per heavy atom. The Morgan fingerprint density at radius 3 is 2.87 bits per heavy atom. The van der Waals surface area contributed by atoms with E-state index < -0.39 is 16.9 Å². The Bertz CT molecular complexity index is 641. The molecule has 122 valence electrons. The molecule has 1 atom stereocenters. The number of hydrogen-bond acceptors (Lipinski definition) is 5. The van der Waals surface area contributed by atoms with Crippen molar-refractivity contribution in [2.24, 2.45) is 0 Å². The van der Waals surface area contributed by atoms with E-state index in [9.17, 15) is 19.7 Å². The number of rotatable bonds is 4. The summed E-state index contributed by atoms with van der Waals surface area (Å²) in [5.41, 5.74) is 0.518. The van der Waals surface area contributed by atoms with Crippen molar-refractivity contribution >= 4 is 23.6 Å². The zero-order chi connectivity index (χ0) is 16.8. The van der Waals surface area contributed by atoms with E-state index in [0.717, 1.165) is 12.8 Å². The fourth-order valence-corrected chi connectivity index (χ4v) is 2.58. The van der Waals surface area contributed by atoms with Crippen LogP contribution in [-0.2, 0) is 14.3 Å². The number of hydrogen-bond donors (Lipinski definition) is 0. The van der Waals surface area contributed by atoms with Crippen LogP contribution in [0.4, 0.5) is 5.69 Å². The highest BCUT2D eigenvalue weighted by Crippen LogP contribution is 2.19. The molecule has 1 unspecified atom stereocenters.